The highest BCUT2D eigenvalue weighted by atomic mass is 35.5. The van der Waals surface area contributed by atoms with Crippen molar-refractivity contribution < 1.29 is 28.5 Å². The quantitative estimate of drug-likeness (QED) is 0.446. The fourth-order valence-corrected chi connectivity index (χ4v) is 3.61. The highest BCUT2D eigenvalue weighted by molar-refractivity contribution is 7.39. The zero-order valence-corrected chi connectivity index (χ0v) is 17.5. The number of carbonyl (C=O) groups is 1. The van der Waals surface area contributed by atoms with Gasteiger partial charge in [0.2, 0.25) is 8.03 Å². The monoisotopic (exact) mass is 426 g/mol. The minimum atomic E-state index is -2.78. The highest BCUT2D eigenvalue weighted by Gasteiger charge is 2.27. The Bertz CT molecular complexity index is 779. The van der Waals surface area contributed by atoms with E-state index >= 15 is 0 Å². The van der Waals surface area contributed by atoms with E-state index in [1.165, 1.54) is 0 Å². The Morgan fingerprint density at radius 1 is 1.14 bits per heavy atom. The van der Waals surface area contributed by atoms with Crippen LogP contribution in [0.5, 0.6) is 5.75 Å². The summed E-state index contributed by atoms with van der Waals surface area (Å²) in [4.78, 5) is 12.2. The molecule has 2 aromatic rings. The molecule has 28 heavy (non-hydrogen) atoms. The number of hydrogen-bond acceptors (Lipinski definition) is 6. The van der Waals surface area contributed by atoms with Crippen molar-refractivity contribution in [2.75, 3.05) is 19.8 Å². The molecule has 0 aliphatic rings. The van der Waals surface area contributed by atoms with Crippen LogP contribution in [0, 0.1) is 5.41 Å². The number of esters is 1. The molecule has 0 saturated heterocycles. The predicted octanol–water partition coefficient (Wildman–Crippen LogP) is 4.47. The minimum absolute atomic E-state index is 0.0729. The van der Waals surface area contributed by atoms with Crippen molar-refractivity contribution in [1.82, 2.24) is 0 Å². The molecule has 0 amide bonds. The van der Waals surface area contributed by atoms with Crippen LogP contribution >= 0.6 is 19.6 Å². The van der Waals surface area contributed by atoms with E-state index in [2.05, 4.69) is 0 Å². The summed E-state index contributed by atoms with van der Waals surface area (Å²) in [6.07, 6.45) is 0. The molecule has 0 heterocycles. The van der Waals surface area contributed by atoms with Gasteiger partial charge < -0.3 is 19.1 Å². The van der Waals surface area contributed by atoms with Crippen molar-refractivity contribution in [1.29, 1.82) is 0 Å². The molecular formula is C20H24ClO6P. The number of carbonyl (C=O) groups excluding carboxylic acids is 1. The number of halogens is 1. The van der Waals surface area contributed by atoms with Gasteiger partial charge in [-0.25, -0.2) is 4.79 Å². The molecule has 2 unspecified atom stereocenters. The van der Waals surface area contributed by atoms with Crippen molar-refractivity contribution in [3.63, 3.8) is 0 Å². The molecule has 152 valence electrons. The number of ether oxygens (including phenoxy) is 2. The lowest BCUT2D eigenvalue weighted by molar-refractivity contribution is -0.148. The first-order valence-electron chi connectivity index (χ1n) is 8.71. The molecule has 0 saturated carbocycles. The minimum Gasteiger partial charge on any atom is -0.482 e. The molecule has 0 aromatic heterocycles. The van der Waals surface area contributed by atoms with Gasteiger partial charge in [-0.1, -0.05) is 55.8 Å². The van der Waals surface area contributed by atoms with Crippen LogP contribution in [0.3, 0.4) is 0 Å². The summed E-state index contributed by atoms with van der Waals surface area (Å²) in [5.74, 6) is -1.25. The fraction of sp³-hybridized carbons (Fsp3) is 0.350. The van der Waals surface area contributed by atoms with Crippen LogP contribution in [-0.2, 0) is 18.6 Å². The van der Waals surface area contributed by atoms with Gasteiger partial charge in [0.1, 0.15) is 5.75 Å². The Balaban J connectivity index is 2.01. The maximum Gasteiger partial charge on any atom is 0.345 e. The molecule has 6 nitrogen and oxygen atoms in total. The van der Waals surface area contributed by atoms with Crippen LogP contribution in [0.1, 0.15) is 25.3 Å². The third-order valence-electron chi connectivity index (χ3n) is 3.77. The van der Waals surface area contributed by atoms with Crippen molar-refractivity contribution >= 4 is 25.6 Å². The summed E-state index contributed by atoms with van der Waals surface area (Å²) in [5, 5.41) is 9.88. The maximum atomic E-state index is 12.7. The summed E-state index contributed by atoms with van der Waals surface area (Å²) in [5.41, 5.74) is 0.0107. The van der Waals surface area contributed by atoms with Gasteiger partial charge >= 0.3 is 5.97 Å². The van der Waals surface area contributed by atoms with E-state index in [0.29, 0.717) is 16.3 Å². The zero-order valence-electron chi connectivity index (χ0n) is 15.8. The van der Waals surface area contributed by atoms with Crippen LogP contribution < -0.4 is 4.74 Å². The Kier molecular flexibility index (Phi) is 8.52. The molecule has 0 aliphatic carbocycles. The van der Waals surface area contributed by atoms with E-state index in [-0.39, 0.29) is 19.8 Å². The van der Waals surface area contributed by atoms with Gasteiger partial charge in [-0.15, -0.1) is 0 Å². The van der Waals surface area contributed by atoms with E-state index < -0.39 is 25.3 Å². The lowest BCUT2D eigenvalue weighted by atomic mass is 9.97. The molecule has 0 radical (unpaired) electrons. The molecule has 0 spiro atoms. The van der Waals surface area contributed by atoms with E-state index in [4.69, 9.17) is 25.6 Å². The van der Waals surface area contributed by atoms with Gasteiger partial charge in [-0.05, 0) is 24.3 Å². The molecule has 1 N–H and O–H groups in total. The van der Waals surface area contributed by atoms with Crippen LogP contribution in [0.25, 0.3) is 0 Å². The van der Waals surface area contributed by atoms with E-state index in [9.17, 15) is 14.5 Å². The third-order valence-corrected chi connectivity index (χ3v) is 5.33. The van der Waals surface area contributed by atoms with Gasteiger partial charge in [-0.3, -0.25) is 4.57 Å². The molecule has 2 rings (SSSR count). The van der Waals surface area contributed by atoms with Crippen LogP contribution in [0.15, 0.2) is 54.6 Å². The SMILES string of the molecule is CC(C)(CO)CO[PH](=O)C(OC(=O)COc1ccc(Cl)cc1)c1ccccc1. The second kappa shape index (κ2) is 10.6. The first-order valence-corrected chi connectivity index (χ1v) is 10.5. The Labute approximate surface area is 170 Å². The Hall–Kier alpha value is -1.85. The predicted molar refractivity (Wildman–Crippen MR) is 108 cm³/mol. The molecule has 2 atom stereocenters. The zero-order chi connectivity index (χ0) is 20.6. The molecule has 0 aliphatic heterocycles. The summed E-state index contributed by atoms with van der Waals surface area (Å²) in [6.45, 7) is 3.18. The second-order valence-electron chi connectivity index (χ2n) is 6.95. The van der Waals surface area contributed by atoms with Crippen LogP contribution in [0.2, 0.25) is 5.02 Å². The smallest absolute Gasteiger partial charge is 0.345 e. The number of aliphatic hydroxyl groups excluding tert-OH is 1. The van der Waals surface area contributed by atoms with Gasteiger partial charge in [0.15, 0.2) is 12.5 Å². The lowest BCUT2D eigenvalue weighted by Gasteiger charge is -2.23. The number of benzene rings is 2. The van der Waals surface area contributed by atoms with E-state index in [1.807, 2.05) is 0 Å². The van der Waals surface area contributed by atoms with Crippen molar-refractivity contribution in [2.24, 2.45) is 5.41 Å². The Morgan fingerprint density at radius 3 is 2.39 bits per heavy atom. The van der Waals surface area contributed by atoms with Crippen molar-refractivity contribution in [2.45, 2.75) is 19.7 Å². The van der Waals surface area contributed by atoms with Gasteiger partial charge in [0.05, 0.1) is 13.2 Å². The average Bonchev–Trinajstić information content (AvgIpc) is 2.70. The average molecular weight is 427 g/mol. The number of aliphatic hydroxyl groups is 1. The summed E-state index contributed by atoms with van der Waals surface area (Å²) >= 11 is 5.81. The summed E-state index contributed by atoms with van der Waals surface area (Å²) < 4.78 is 28.9. The number of rotatable bonds is 10. The third kappa shape index (κ3) is 7.28. The Morgan fingerprint density at radius 2 is 1.79 bits per heavy atom. The van der Waals surface area contributed by atoms with Gasteiger partial charge in [0, 0.05) is 16.0 Å². The topological polar surface area (TPSA) is 82.1 Å². The molecule has 2 aromatic carbocycles. The molecule has 8 heteroatoms. The molecular weight excluding hydrogens is 403 g/mol. The normalized spacial score (nSPS) is 13.6. The first-order chi connectivity index (χ1) is 13.3. The van der Waals surface area contributed by atoms with Crippen LogP contribution in [0.4, 0.5) is 0 Å². The maximum absolute atomic E-state index is 12.7. The molecule has 0 fully saturated rings. The summed E-state index contributed by atoms with van der Waals surface area (Å²) in [7, 11) is -2.78. The van der Waals surface area contributed by atoms with E-state index in [0.717, 1.165) is 0 Å². The number of hydrogen-bond donors (Lipinski definition) is 1. The van der Waals surface area contributed by atoms with Crippen molar-refractivity contribution in [3.05, 3.63) is 65.2 Å². The van der Waals surface area contributed by atoms with Gasteiger partial charge in [-0.2, -0.15) is 0 Å². The van der Waals surface area contributed by atoms with Gasteiger partial charge in [0.25, 0.3) is 0 Å². The second-order valence-corrected chi connectivity index (χ2v) is 8.84. The first kappa shape index (κ1) is 22.4. The standard InChI is InChI=1S/C20H24ClO6P/c1-20(2,13-22)14-26-28(24)19(15-6-4-3-5-7-15)27-18(23)12-25-17-10-8-16(21)9-11-17/h3-11,19,22,28H,12-14H2,1-2H3. The van der Waals surface area contributed by atoms with Crippen LogP contribution in [-0.4, -0.2) is 30.9 Å². The highest BCUT2D eigenvalue weighted by Crippen LogP contribution is 2.44. The summed E-state index contributed by atoms with van der Waals surface area (Å²) in [6, 6.07) is 15.3. The van der Waals surface area contributed by atoms with Crippen molar-refractivity contribution in [3.8, 4) is 5.75 Å². The fourth-order valence-electron chi connectivity index (χ4n) is 2.11. The van der Waals surface area contributed by atoms with E-state index in [1.54, 1.807) is 68.4 Å². The molecule has 0 bridgehead atoms. The largest absolute Gasteiger partial charge is 0.482 e. The lowest BCUT2D eigenvalue weighted by Crippen LogP contribution is -2.23.